The predicted octanol–water partition coefficient (Wildman–Crippen LogP) is 5.19. The molecule has 3 aromatic carbocycles. The van der Waals surface area contributed by atoms with Crippen molar-refractivity contribution in [3.63, 3.8) is 0 Å². The number of carbonyl (C=O) groups is 2. The lowest BCUT2D eigenvalue weighted by molar-refractivity contribution is -0.278. The number of rotatable bonds is 9. The average Bonchev–Trinajstić information content (AvgIpc) is 3.51. The number of benzene rings is 3. The lowest BCUT2D eigenvalue weighted by atomic mass is 9.89. The summed E-state index contributed by atoms with van der Waals surface area (Å²) in [5, 5.41) is 12.4. The molecule has 6 rings (SSSR count). The van der Waals surface area contributed by atoms with E-state index >= 15 is 0 Å². The second kappa shape index (κ2) is 13.9. The number of piperidine rings is 1. The normalized spacial score (nSPS) is 24.9. The minimum atomic E-state index is -0.580. The van der Waals surface area contributed by atoms with Crippen LogP contribution in [0.4, 0.5) is 5.69 Å². The quantitative estimate of drug-likeness (QED) is 0.317. The molecule has 4 atom stereocenters. The van der Waals surface area contributed by atoms with Crippen LogP contribution in [0, 0.1) is 5.92 Å². The second-order valence-electron chi connectivity index (χ2n) is 12.3. The highest BCUT2D eigenvalue weighted by Crippen LogP contribution is 2.42. The molecule has 45 heavy (non-hydrogen) atoms. The van der Waals surface area contributed by atoms with Crippen molar-refractivity contribution in [2.75, 3.05) is 38.2 Å². The number of ketones is 1. The van der Waals surface area contributed by atoms with E-state index in [1.807, 2.05) is 48.5 Å². The van der Waals surface area contributed by atoms with Gasteiger partial charge in [-0.15, -0.1) is 0 Å². The van der Waals surface area contributed by atoms with E-state index in [1.54, 1.807) is 24.3 Å². The monoisotopic (exact) mass is 614 g/mol. The number of anilines is 1. The van der Waals surface area contributed by atoms with Gasteiger partial charge in [-0.1, -0.05) is 67.6 Å². The summed E-state index contributed by atoms with van der Waals surface area (Å²) >= 11 is 0. The Morgan fingerprint density at radius 1 is 0.911 bits per heavy atom. The lowest BCUT2D eigenvalue weighted by Crippen LogP contribution is -2.50. The van der Waals surface area contributed by atoms with Crippen LogP contribution in [0.2, 0.25) is 0 Å². The molecule has 0 saturated carbocycles. The molecule has 0 aliphatic carbocycles. The first-order chi connectivity index (χ1) is 21.8. The van der Waals surface area contributed by atoms with Crippen molar-refractivity contribution in [1.29, 1.82) is 0 Å². The number of ether oxygens (including phenoxy) is 4. The van der Waals surface area contributed by atoms with Gasteiger partial charge in [0.15, 0.2) is 17.9 Å². The summed E-state index contributed by atoms with van der Waals surface area (Å²) in [6, 6.07) is 22.7. The molecular formula is C36H42N2O7. The third-order valence-electron chi connectivity index (χ3n) is 9.16. The number of hydrogen-bond acceptors (Lipinski definition) is 8. The highest BCUT2D eigenvalue weighted by Gasteiger charge is 2.43. The van der Waals surface area contributed by atoms with E-state index in [-0.39, 0.29) is 42.8 Å². The Labute approximate surface area is 264 Å². The summed E-state index contributed by atoms with van der Waals surface area (Å²) in [6.45, 7) is 7.53. The first-order valence-corrected chi connectivity index (χ1v) is 15.8. The second-order valence-corrected chi connectivity index (χ2v) is 12.3. The van der Waals surface area contributed by atoms with Crippen LogP contribution < -0.4 is 5.32 Å². The summed E-state index contributed by atoms with van der Waals surface area (Å²) in [5.74, 6) is -0.547. The molecule has 3 saturated heterocycles. The van der Waals surface area contributed by atoms with Crippen molar-refractivity contribution in [2.45, 2.75) is 64.0 Å². The smallest absolute Gasteiger partial charge is 0.228 e. The van der Waals surface area contributed by atoms with Gasteiger partial charge in [-0.25, -0.2) is 0 Å². The van der Waals surface area contributed by atoms with Crippen LogP contribution in [0.25, 0.3) is 0 Å². The molecule has 1 amide bonds. The summed E-state index contributed by atoms with van der Waals surface area (Å²) in [5.41, 5.74) is 4.79. The van der Waals surface area contributed by atoms with Crippen molar-refractivity contribution < 1.29 is 33.6 Å². The minimum absolute atomic E-state index is 0.00519. The molecule has 238 valence electrons. The van der Waals surface area contributed by atoms with Crippen molar-refractivity contribution in [2.24, 2.45) is 5.92 Å². The third-order valence-corrected chi connectivity index (χ3v) is 9.16. The molecule has 9 nitrogen and oxygen atoms in total. The maximum atomic E-state index is 12.8. The molecule has 3 fully saturated rings. The lowest BCUT2D eigenvalue weighted by Gasteiger charge is -2.44. The van der Waals surface area contributed by atoms with Crippen LogP contribution in [0.5, 0.6) is 0 Å². The van der Waals surface area contributed by atoms with Crippen molar-refractivity contribution in [3.05, 3.63) is 101 Å². The van der Waals surface area contributed by atoms with E-state index in [0.29, 0.717) is 24.5 Å². The Bertz CT molecular complexity index is 1460. The minimum Gasteiger partial charge on any atom is -0.392 e. The molecular weight excluding hydrogens is 572 g/mol. The van der Waals surface area contributed by atoms with Gasteiger partial charge in [0.2, 0.25) is 5.91 Å². The Hall–Kier alpha value is -3.44. The molecule has 3 aliphatic rings. The maximum Gasteiger partial charge on any atom is 0.228 e. The van der Waals surface area contributed by atoms with Crippen LogP contribution in [-0.4, -0.2) is 66.4 Å². The number of Topliss-reactive ketones (excluding diaryl/α,β-unsaturated/α-hetero) is 1. The number of nitrogens with zero attached hydrogens (tertiary/aromatic N) is 1. The highest BCUT2D eigenvalue weighted by molar-refractivity contribution is 5.97. The number of carbonyl (C=O) groups excluding carboxylic acids is 2. The van der Waals surface area contributed by atoms with E-state index in [9.17, 15) is 14.7 Å². The zero-order valence-corrected chi connectivity index (χ0v) is 25.9. The third kappa shape index (κ3) is 7.52. The number of aliphatic hydroxyl groups excluding tert-OH is 1. The molecule has 0 aromatic heterocycles. The molecule has 9 heteroatoms. The average molecular weight is 615 g/mol. The fourth-order valence-electron chi connectivity index (χ4n) is 6.44. The first-order valence-electron chi connectivity index (χ1n) is 15.8. The summed E-state index contributed by atoms with van der Waals surface area (Å²) in [7, 11) is 0. The van der Waals surface area contributed by atoms with Crippen molar-refractivity contribution in [1.82, 2.24) is 4.90 Å². The van der Waals surface area contributed by atoms with E-state index in [1.165, 1.54) is 6.92 Å². The van der Waals surface area contributed by atoms with Gasteiger partial charge < -0.3 is 34.3 Å². The van der Waals surface area contributed by atoms with Crippen LogP contribution in [0.15, 0.2) is 72.8 Å². The summed E-state index contributed by atoms with van der Waals surface area (Å²) < 4.78 is 25.1. The van der Waals surface area contributed by atoms with E-state index in [4.69, 9.17) is 18.9 Å². The van der Waals surface area contributed by atoms with E-state index in [2.05, 4.69) is 17.1 Å². The molecule has 3 aromatic rings. The topological polar surface area (TPSA) is 107 Å². The molecule has 4 unspecified atom stereocenters. The molecule has 1 spiro atoms. The largest absolute Gasteiger partial charge is 0.392 e. The van der Waals surface area contributed by atoms with Crippen LogP contribution in [-0.2, 0) is 36.8 Å². The predicted molar refractivity (Wildman–Crippen MR) is 168 cm³/mol. The Balaban J connectivity index is 1.14. The first kappa shape index (κ1) is 31.5. The van der Waals surface area contributed by atoms with Crippen LogP contribution in [0.3, 0.4) is 0 Å². The Kier molecular flexibility index (Phi) is 9.75. The van der Waals surface area contributed by atoms with E-state index in [0.717, 1.165) is 54.7 Å². The van der Waals surface area contributed by atoms with Gasteiger partial charge in [0.25, 0.3) is 0 Å². The molecule has 0 bridgehead atoms. The van der Waals surface area contributed by atoms with Crippen LogP contribution in [0.1, 0.15) is 71.7 Å². The molecule has 3 aliphatic heterocycles. The fraction of sp³-hybridized carbons (Fsp3) is 0.444. The van der Waals surface area contributed by atoms with Gasteiger partial charge in [-0.2, -0.15) is 0 Å². The number of amides is 1. The number of hydrogen-bond donors (Lipinski definition) is 2. The fourth-order valence-corrected chi connectivity index (χ4v) is 6.44. The van der Waals surface area contributed by atoms with Gasteiger partial charge in [0.1, 0.15) is 0 Å². The Morgan fingerprint density at radius 3 is 2.24 bits per heavy atom. The molecule has 0 radical (unpaired) electrons. The number of nitrogens with one attached hydrogen (secondary N) is 1. The van der Waals surface area contributed by atoms with E-state index < -0.39 is 12.1 Å². The van der Waals surface area contributed by atoms with Gasteiger partial charge in [-0.05, 0) is 35.7 Å². The SMILES string of the molecule is CC(=O)c1cccc(NC(=O)Cc2ccc(C3OC(CN4CCC5(CC4)OCCO5)C(C)C(c4ccc(CO)cc4)O3)cc2)c1. The zero-order valence-electron chi connectivity index (χ0n) is 25.9. The van der Waals surface area contributed by atoms with Gasteiger partial charge in [0, 0.05) is 55.2 Å². The van der Waals surface area contributed by atoms with Gasteiger partial charge in [0.05, 0.1) is 38.4 Å². The van der Waals surface area contributed by atoms with Crippen LogP contribution >= 0.6 is 0 Å². The standard InChI is InChI=1S/C36H42N2O7/c1-24-32(22-38-16-14-36(15-17-38)42-18-19-43-36)44-35(45-34(24)28-10-8-27(23-39)9-11-28)29-12-6-26(7-13-29)20-33(41)37-31-5-3-4-30(21-31)25(2)40/h3-13,21,24,32,34-35,39H,14-20,22-23H2,1-2H3,(H,37,41). The number of aliphatic hydroxyl groups is 1. The Morgan fingerprint density at radius 2 is 1.58 bits per heavy atom. The van der Waals surface area contributed by atoms with Gasteiger partial charge >= 0.3 is 0 Å². The summed E-state index contributed by atoms with van der Waals surface area (Å²) in [6.07, 6.45) is 1.02. The highest BCUT2D eigenvalue weighted by atomic mass is 16.7. The maximum absolute atomic E-state index is 12.8. The molecule has 3 heterocycles. The van der Waals surface area contributed by atoms with Crippen molar-refractivity contribution >= 4 is 17.4 Å². The van der Waals surface area contributed by atoms with Gasteiger partial charge in [-0.3, -0.25) is 9.59 Å². The molecule has 2 N–H and O–H groups in total. The zero-order chi connectivity index (χ0) is 31.4. The van der Waals surface area contributed by atoms with Crippen molar-refractivity contribution in [3.8, 4) is 0 Å². The summed E-state index contributed by atoms with van der Waals surface area (Å²) in [4.78, 5) is 26.9. The number of likely N-dealkylation sites (tertiary alicyclic amines) is 1.